The maximum Gasteiger partial charge on any atom is 0.326 e. The minimum atomic E-state index is -1.13. The first kappa shape index (κ1) is 14.5. The van der Waals surface area contributed by atoms with Crippen molar-refractivity contribution in [1.29, 1.82) is 0 Å². The molecule has 2 aliphatic heterocycles. The second-order valence-electron chi connectivity index (χ2n) is 6.00. The molecular formula is C17H22NO3. The second kappa shape index (κ2) is 5.11. The van der Waals surface area contributed by atoms with Crippen molar-refractivity contribution >= 4 is 5.97 Å². The average Bonchev–Trinajstić information content (AvgIpc) is 3.00. The van der Waals surface area contributed by atoms with Gasteiger partial charge < -0.3 is 9.84 Å². The third-order valence-electron chi connectivity index (χ3n) is 4.89. The third kappa shape index (κ3) is 2.00. The van der Waals surface area contributed by atoms with Gasteiger partial charge in [-0.25, -0.2) is 0 Å². The molecule has 2 heterocycles. The molecule has 0 bridgehead atoms. The highest BCUT2D eigenvalue weighted by atomic mass is 16.5. The van der Waals surface area contributed by atoms with Crippen LogP contribution in [-0.2, 0) is 15.3 Å². The van der Waals surface area contributed by atoms with Gasteiger partial charge in [-0.3, -0.25) is 9.69 Å². The number of hydrogen-bond acceptors (Lipinski definition) is 4. The highest BCUT2D eigenvalue weighted by molar-refractivity contribution is 5.82. The van der Waals surface area contributed by atoms with Crippen LogP contribution in [-0.4, -0.2) is 34.2 Å². The van der Waals surface area contributed by atoms with Crippen LogP contribution in [0.5, 0.6) is 0 Å². The molecule has 3 atom stereocenters. The summed E-state index contributed by atoms with van der Waals surface area (Å²) >= 11 is 0. The number of fused-ring (bicyclic) bond motifs is 1. The van der Waals surface area contributed by atoms with Crippen LogP contribution >= 0.6 is 0 Å². The van der Waals surface area contributed by atoms with Crippen molar-refractivity contribution in [2.75, 3.05) is 6.61 Å². The van der Waals surface area contributed by atoms with Crippen molar-refractivity contribution in [3.63, 3.8) is 0 Å². The maximum atomic E-state index is 12.5. The molecule has 3 rings (SSSR count). The normalized spacial score (nSPS) is 35.7. The van der Waals surface area contributed by atoms with Gasteiger partial charge in [0.05, 0.1) is 6.61 Å². The van der Waals surface area contributed by atoms with Gasteiger partial charge in [0, 0.05) is 6.04 Å². The lowest BCUT2D eigenvalue weighted by Gasteiger charge is -2.41. The number of ether oxygens (including phenoxy) is 1. The molecule has 4 nitrogen and oxygen atoms in total. The fraction of sp³-hybridized carbons (Fsp3) is 0.529. The van der Waals surface area contributed by atoms with Crippen molar-refractivity contribution in [1.82, 2.24) is 4.90 Å². The Bertz CT molecular complexity index is 532. The van der Waals surface area contributed by atoms with Crippen LogP contribution < -0.4 is 0 Å². The molecule has 113 valence electrons. The molecule has 2 fully saturated rings. The van der Waals surface area contributed by atoms with Gasteiger partial charge in [0.2, 0.25) is 0 Å². The van der Waals surface area contributed by atoms with E-state index in [-0.39, 0.29) is 12.0 Å². The first-order valence-electron chi connectivity index (χ1n) is 7.62. The van der Waals surface area contributed by atoms with Crippen LogP contribution in [0.4, 0.5) is 0 Å². The van der Waals surface area contributed by atoms with Gasteiger partial charge in [-0.05, 0) is 45.1 Å². The van der Waals surface area contributed by atoms with Crippen molar-refractivity contribution in [3.05, 3.63) is 42.8 Å². The number of rotatable bonds is 3. The van der Waals surface area contributed by atoms with E-state index in [4.69, 9.17) is 4.74 Å². The zero-order valence-electron chi connectivity index (χ0n) is 12.4. The van der Waals surface area contributed by atoms with E-state index in [1.807, 2.05) is 42.2 Å². The minimum absolute atomic E-state index is 0.0814. The molecule has 21 heavy (non-hydrogen) atoms. The van der Waals surface area contributed by atoms with E-state index in [9.17, 15) is 9.90 Å². The minimum Gasteiger partial charge on any atom is -0.465 e. The van der Waals surface area contributed by atoms with Crippen LogP contribution in [0.2, 0.25) is 0 Å². The molecule has 1 radical (unpaired) electrons. The van der Waals surface area contributed by atoms with Crippen LogP contribution in [0.1, 0.15) is 38.2 Å². The van der Waals surface area contributed by atoms with E-state index in [1.54, 1.807) is 0 Å². The number of carbonyl (C=O) groups excluding carboxylic acids is 1. The van der Waals surface area contributed by atoms with Crippen LogP contribution in [0.25, 0.3) is 0 Å². The molecule has 0 unspecified atom stereocenters. The van der Waals surface area contributed by atoms with Gasteiger partial charge in [-0.2, -0.15) is 0 Å². The quantitative estimate of drug-likeness (QED) is 0.867. The van der Waals surface area contributed by atoms with E-state index in [1.165, 1.54) is 0 Å². The SMILES string of the molecule is [CH2][C@@H]1CC[C@]2(C(=O)OCC)CC[C@](O)(c3ccccc3)N12. The lowest BCUT2D eigenvalue weighted by Crippen LogP contribution is -2.56. The molecule has 1 aromatic rings. The Labute approximate surface area is 125 Å². The topological polar surface area (TPSA) is 49.8 Å². The van der Waals surface area contributed by atoms with E-state index < -0.39 is 11.3 Å². The van der Waals surface area contributed by atoms with Gasteiger partial charge in [0.1, 0.15) is 11.3 Å². The van der Waals surface area contributed by atoms with Crippen LogP contribution in [0.3, 0.4) is 0 Å². The summed E-state index contributed by atoms with van der Waals surface area (Å²) in [5.41, 5.74) is -1.02. The Morgan fingerprint density at radius 1 is 1.38 bits per heavy atom. The zero-order chi connectivity index (χ0) is 15.1. The van der Waals surface area contributed by atoms with Gasteiger partial charge in [0.15, 0.2) is 0 Å². The standard InChI is InChI=1S/C17H22NO3/c1-3-21-15(19)16-10-9-13(2)18(16)17(20,12-11-16)14-7-5-4-6-8-14/h4-8,13,20H,2-3,9-12H2,1H3/t13-,16-,17+/m1/s1. The lowest BCUT2D eigenvalue weighted by atomic mass is 9.93. The number of hydrogen-bond donors (Lipinski definition) is 1. The summed E-state index contributed by atoms with van der Waals surface area (Å²) in [7, 11) is 0. The van der Waals surface area contributed by atoms with E-state index in [0.29, 0.717) is 25.9 Å². The summed E-state index contributed by atoms with van der Waals surface area (Å²) in [5, 5.41) is 11.3. The molecule has 0 saturated carbocycles. The predicted molar refractivity (Wildman–Crippen MR) is 79.2 cm³/mol. The molecular weight excluding hydrogens is 266 g/mol. The summed E-state index contributed by atoms with van der Waals surface area (Å²) in [5.74, 6) is -0.219. The smallest absolute Gasteiger partial charge is 0.326 e. The van der Waals surface area contributed by atoms with Gasteiger partial charge in [-0.15, -0.1) is 0 Å². The molecule has 4 heteroatoms. The maximum absolute atomic E-state index is 12.5. The number of esters is 1. The summed E-state index contributed by atoms with van der Waals surface area (Å²) in [6.45, 7) is 6.32. The molecule has 0 spiro atoms. The van der Waals surface area contributed by atoms with E-state index in [0.717, 1.165) is 12.0 Å². The lowest BCUT2D eigenvalue weighted by molar-refractivity contribution is -0.170. The van der Waals surface area contributed by atoms with Crippen LogP contribution in [0, 0.1) is 6.92 Å². The van der Waals surface area contributed by atoms with Gasteiger partial charge in [-0.1, -0.05) is 30.3 Å². The Kier molecular flexibility index (Phi) is 3.54. The number of carbonyl (C=O) groups is 1. The summed E-state index contributed by atoms with van der Waals surface area (Å²) < 4.78 is 5.29. The Morgan fingerprint density at radius 2 is 2.10 bits per heavy atom. The molecule has 0 aromatic heterocycles. The van der Waals surface area contributed by atoms with Crippen molar-refractivity contribution < 1.29 is 14.6 Å². The van der Waals surface area contributed by atoms with Crippen LogP contribution in [0.15, 0.2) is 30.3 Å². The molecule has 0 amide bonds. The third-order valence-corrected chi connectivity index (χ3v) is 4.89. The summed E-state index contributed by atoms with van der Waals surface area (Å²) in [4.78, 5) is 14.4. The number of benzene rings is 1. The van der Waals surface area contributed by atoms with Crippen molar-refractivity contribution in [3.8, 4) is 0 Å². The molecule has 1 aromatic carbocycles. The Balaban J connectivity index is 2.02. The molecule has 2 aliphatic rings. The summed E-state index contributed by atoms with van der Waals surface area (Å²) in [6.07, 6.45) is 2.65. The molecule has 1 N–H and O–H groups in total. The Hall–Kier alpha value is -1.39. The van der Waals surface area contributed by atoms with E-state index in [2.05, 4.69) is 6.92 Å². The van der Waals surface area contributed by atoms with Crippen molar-refractivity contribution in [2.24, 2.45) is 0 Å². The number of aliphatic hydroxyl groups is 1. The summed E-state index contributed by atoms with van der Waals surface area (Å²) in [6, 6.07) is 9.48. The predicted octanol–water partition coefficient (Wildman–Crippen LogP) is 2.23. The highest BCUT2D eigenvalue weighted by Crippen LogP contribution is 2.53. The van der Waals surface area contributed by atoms with E-state index >= 15 is 0 Å². The first-order valence-corrected chi connectivity index (χ1v) is 7.62. The average molecular weight is 288 g/mol. The van der Waals surface area contributed by atoms with Gasteiger partial charge >= 0.3 is 5.97 Å². The number of nitrogens with zero attached hydrogens (tertiary/aromatic N) is 1. The van der Waals surface area contributed by atoms with Gasteiger partial charge in [0.25, 0.3) is 0 Å². The molecule has 2 saturated heterocycles. The monoisotopic (exact) mass is 288 g/mol. The second-order valence-corrected chi connectivity index (χ2v) is 6.00. The fourth-order valence-electron chi connectivity index (χ4n) is 3.96. The highest BCUT2D eigenvalue weighted by Gasteiger charge is 2.63. The molecule has 0 aliphatic carbocycles. The fourth-order valence-corrected chi connectivity index (χ4v) is 3.96. The zero-order valence-corrected chi connectivity index (χ0v) is 12.4. The first-order chi connectivity index (χ1) is 10.0. The Morgan fingerprint density at radius 3 is 2.76 bits per heavy atom. The largest absolute Gasteiger partial charge is 0.465 e. The van der Waals surface area contributed by atoms with Crippen molar-refractivity contribution in [2.45, 2.75) is 49.9 Å².